The molecule has 0 saturated carbocycles. The molecule has 0 aliphatic carbocycles. The van der Waals surface area contributed by atoms with Gasteiger partial charge < -0.3 is 14.7 Å². The summed E-state index contributed by atoms with van der Waals surface area (Å²) < 4.78 is 19.4. The van der Waals surface area contributed by atoms with Gasteiger partial charge in [-0.15, -0.1) is 0 Å². The molecule has 1 aromatic heterocycles. The van der Waals surface area contributed by atoms with E-state index in [1.807, 2.05) is 12.1 Å². The Hall–Kier alpha value is -3.19. The number of aliphatic carboxylic acids is 1. The van der Waals surface area contributed by atoms with Gasteiger partial charge in [0.15, 0.2) is 6.10 Å². The highest BCUT2D eigenvalue weighted by Crippen LogP contribution is 2.35. The molecule has 172 valence electrons. The molecule has 2 atom stereocenters. The number of rotatable bonds is 5. The zero-order valence-corrected chi connectivity index (χ0v) is 19.1. The molecule has 33 heavy (non-hydrogen) atoms. The molecule has 0 unspecified atom stereocenters. The number of pyridine rings is 1. The molecular formula is C25H24ClFN2O4. The van der Waals surface area contributed by atoms with Crippen LogP contribution in [0.3, 0.4) is 0 Å². The summed E-state index contributed by atoms with van der Waals surface area (Å²) in [7, 11) is 0. The fourth-order valence-corrected chi connectivity index (χ4v) is 4.53. The first-order valence-corrected chi connectivity index (χ1v) is 11.1. The van der Waals surface area contributed by atoms with E-state index in [2.05, 4.69) is 4.98 Å². The van der Waals surface area contributed by atoms with Crippen molar-refractivity contribution >= 4 is 34.4 Å². The minimum Gasteiger partial charge on any atom is -0.481 e. The second-order valence-electron chi connectivity index (χ2n) is 8.65. The van der Waals surface area contributed by atoms with Gasteiger partial charge in [-0.25, -0.2) is 4.39 Å². The molecule has 1 fully saturated rings. The molecule has 0 spiro atoms. The maximum absolute atomic E-state index is 13.5. The number of carboxylic acids is 1. The molecule has 1 amide bonds. The van der Waals surface area contributed by atoms with Crippen molar-refractivity contribution in [1.29, 1.82) is 0 Å². The number of halogens is 2. The van der Waals surface area contributed by atoms with Crippen molar-refractivity contribution < 1.29 is 23.8 Å². The normalized spacial score (nSPS) is 19.3. The lowest BCUT2D eigenvalue weighted by Gasteiger charge is -2.38. The van der Waals surface area contributed by atoms with Crippen LogP contribution in [0.2, 0.25) is 5.02 Å². The lowest BCUT2D eigenvalue weighted by molar-refractivity contribution is -0.155. The Morgan fingerprint density at radius 1 is 1.21 bits per heavy atom. The van der Waals surface area contributed by atoms with Crippen LogP contribution in [0.1, 0.15) is 26.7 Å². The van der Waals surface area contributed by atoms with Crippen LogP contribution in [-0.2, 0) is 9.59 Å². The van der Waals surface area contributed by atoms with Crippen molar-refractivity contribution in [1.82, 2.24) is 9.88 Å². The topological polar surface area (TPSA) is 79.7 Å². The quantitative estimate of drug-likeness (QED) is 0.556. The number of fused-ring (bicyclic) bond motifs is 1. The predicted octanol–water partition coefficient (Wildman–Crippen LogP) is 5.17. The molecule has 4 rings (SSSR count). The first-order chi connectivity index (χ1) is 15.7. The van der Waals surface area contributed by atoms with E-state index in [1.165, 1.54) is 12.1 Å². The number of carbonyl (C=O) groups is 2. The number of aromatic nitrogens is 1. The summed E-state index contributed by atoms with van der Waals surface area (Å²) in [6.45, 7) is 3.99. The number of amides is 1. The zero-order chi connectivity index (χ0) is 23.8. The van der Waals surface area contributed by atoms with Crippen LogP contribution in [0.4, 0.5) is 4.39 Å². The van der Waals surface area contributed by atoms with Crippen molar-refractivity contribution in [3.8, 4) is 16.9 Å². The van der Waals surface area contributed by atoms with Crippen LogP contribution in [0.15, 0.2) is 48.7 Å². The van der Waals surface area contributed by atoms with Crippen LogP contribution in [0.25, 0.3) is 22.0 Å². The SMILES string of the molecule is C[C@@H](Oc1ccc2c(-c3ccc(F)cc3Cl)ccnc2c1)C(=O)N1CCC[C@@](C)(C(=O)O)C1. The highest BCUT2D eigenvalue weighted by Gasteiger charge is 2.40. The van der Waals surface area contributed by atoms with E-state index in [-0.39, 0.29) is 12.5 Å². The Bertz CT molecular complexity index is 1230. The number of piperidine rings is 1. The van der Waals surface area contributed by atoms with Crippen molar-refractivity contribution in [3.05, 3.63) is 59.5 Å². The Balaban J connectivity index is 1.55. The van der Waals surface area contributed by atoms with Gasteiger partial charge in [-0.2, -0.15) is 0 Å². The Labute approximate surface area is 195 Å². The monoisotopic (exact) mass is 470 g/mol. The number of ether oxygens (including phenoxy) is 1. The van der Waals surface area contributed by atoms with Gasteiger partial charge in [0.25, 0.3) is 5.91 Å². The molecule has 2 heterocycles. The van der Waals surface area contributed by atoms with Crippen LogP contribution >= 0.6 is 11.6 Å². The summed E-state index contributed by atoms with van der Waals surface area (Å²) >= 11 is 6.25. The van der Waals surface area contributed by atoms with Crippen molar-refractivity contribution in [2.45, 2.75) is 32.8 Å². The molecule has 6 nitrogen and oxygen atoms in total. The smallest absolute Gasteiger partial charge is 0.311 e. The maximum Gasteiger partial charge on any atom is 0.311 e. The second-order valence-corrected chi connectivity index (χ2v) is 9.06. The summed E-state index contributed by atoms with van der Waals surface area (Å²) in [4.78, 5) is 30.5. The van der Waals surface area contributed by atoms with Crippen LogP contribution < -0.4 is 4.74 Å². The number of benzene rings is 2. The summed E-state index contributed by atoms with van der Waals surface area (Å²) in [5, 5.41) is 10.6. The lowest BCUT2D eigenvalue weighted by Crippen LogP contribution is -2.51. The van der Waals surface area contributed by atoms with Crippen LogP contribution in [0.5, 0.6) is 5.75 Å². The van der Waals surface area contributed by atoms with Gasteiger partial charge in [-0.1, -0.05) is 11.6 Å². The largest absolute Gasteiger partial charge is 0.481 e. The molecule has 1 N–H and O–H groups in total. The van der Waals surface area contributed by atoms with Crippen LogP contribution in [0, 0.1) is 11.2 Å². The summed E-state index contributed by atoms with van der Waals surface area (Å²) in [5.74, 6) is -1.08. The Kier molecular flexibility index (Phi) is 6.26. The fourth-order valence-electron chi connectivity index (χ4n) is 4.26. The molecule has 0 radical (unpaired) electrons. The van der Waals surface area contributed by atoms with E-state index in [4.69, 9.17) is 16.3 Å². The maximum atomic E-state index is 13.5. The van der Waals surface area contributed by atoms with Crippen LogP contribution in [-0.4, -0.2) is 46.1 Å². The summed E-state index contributed by atoms with van der Waals surface area (Å²) in [5.41, 5.74) is 1.19. The number of nitrogens with zero attached hydrogens (tertiary/aromatic N) is 2. The summed E-state index contributed by atoms with van der Waals surface area (Å²) in [6.07, 6.45) is 2.03. The van der Waals surface area contributed by atoms with Gasteiger partial charge in [-0.05, 0) is 68.7 Å². The third-order valence-corrected chi connectivity index (χ3v) is 6.43. The minimum absolute atomic E-state index is 0.163. The fraction of sp³-hybridized carbons (Fsp3) is 0.320. The Morgan fingerprint density at radius 3 is 2.73 bits per heavy atom. The van der Waals surface area contributed by atoms with Crippen molar-refractivity contribution in [3.63, 3.8) is 0 Å². The molecule has 8 heteroatoms. The van der Waals surface area contributed by atoms with E-state index < -0.39 is 23.3 Å². The first-order valence-electron chi connectivity index (χ1n) is 10.7. The highest BCUT2D eigenvalue weighted by atomic mass is 35.5. The van der Waals surface area contributed by atoms with Gasteiger partial charge in [0.2, 0.25) is 0 Å². The molecule has 3 aromatic rings. The molecule has 1 aliphatic heterocycles. The first kappa shape index (κ1) is 23.0. The second kappa shape index (κ2) is 8.98. The molecule has 0 bridgehead atoms. The number of carboxylic acid groups (broad SMARTS) is 1. The molecule has 1 saturated heterocycles. The molecule has 2 aromatic carbocycles. The number of hydrogen-bond donors (Lipinski definition) is 1. The third kappa shape index (κ3) is 4.64. The van der Waals surface area contributed by atoms with E-state index in [0.29, 0.717) is 41.2 Å². The van der Waals surface area contributed by atoms with Gasteiger partial charge in [0.1, 0.15) is 11.6 Å². The number of carbonyl (C=O) groups excluding carboxylic acids is 1. The van der Waals surface area contributed by atoms with Crippen molar-refractivity contribution in [2.75, 3.05) is 13.1 Å². The van der Waals surface area contributed by atoms with E-state index in [0.717, 1.165) is 10.9 Å². The Morgan fingerprint density at radius 2 is 2.00 bits per heavy atom. The van der Waals surface area contributed by atoms with Gasteiger partial charge in [0.05, 0.1) is 16.0 Å². The van der Waals surface area contributed by atoms with Crippen molar-refractivity contribution in [2.24, 2.45) is 5.41 Å². The number of likely N-dealkylation sites (tertiary alicyclic amines) is 1. The van der Waals surface area contributed by atoms with Gasteiger partial charge >= 0.3 is 5.97 Å². The average Bonchev–Trinajstić information content (AvgIpc) is 2.78. The molecular weight excluding hydrogens is 447 g/mol. The third-order valence-electron chi connectivity index (χ3n) is 6.12. The van der Waals surface area contributed by atoms with Gasteiger partial charge in [0, 0.05) is 36.3 Å². The lowest BCUT2D eigenvalue weighted by atomic mass is 9.82. The number of hydrogen-bond acceptors (Lipinski definition) is 4. The van der Waals surface area contributed by atoms with E-state index in [1.54, 1.807) is 43.1 Å². The predicted molar refractivity (Wildman–Crippen MR) is 124 cm³/mol. The van der Waals surface area contributed by atoms with E-state index >= 15 is 0 Å². The van der Waals surface area contributed by atoms with E-state index in [9.17, 15) is 19.1 Å². The standard InChI is InChI=1S/C25H24ClFN2O4/c1-15(23(30)29-11-3-9-25(2,14-29)24(31)32)33-17-5-7-20-18(8-10-28-22(20)13-17)19-6-4-16(27)12-21(19)26/h4-8,10,12-13,15H,3,9,11,14H2,1-2H3,(H,31,32)/t15-,25-/m1/s1. The van der Waals surface area contributed by atoms with Gasteiger partial charge in [-0.3, -0.25) is 14.6 Å². The zero-order valence-electron chi connectivity index (χ0n) is 18.3. The summed E-state index contributed by atoms with van der Waals surface area (Å²) in [6, 6.07) is 11.4. The average molecular weight is 471 g/mol. The molecule has 1 aliphatic rings. The minimum atomic E-state index is -0.946. The highest BCUT2D eigenvalue weighted by molar-refractivity contribution is 6.33.